The van der Waals surface area contributed by atoms with E-state index >= 15 is 0 Å². The van der Waals surface area contributed by atoms with Crippen LogP contribution in [-0.4, -0.2) is 137 Å². The Morgan fingerprint density at radius 2 is 0.789 bits per heavy atom. The predicted molar refractivity (Wildman–Crippen MR) is 463 cm³/mol. The predicted octanol–water partition coefficient (Wildman–Crippen LogP) is 21.0. The first-order chi connectivity index (χ1) is 59.9. The Hall–Kier alpha value is -11.9. The number of aliphatic hydroxyl groups is 2. The van der Waals surface area contributed by atoms with Crippen molar-refractivity contribution in [3.63, 3.8) is 0 Å². The number of aldehydes is 1. The SMILES string of the molecule is C.C1CCOC1.ClCCl.ClCCl.N#Cc1ccc2c(cnn2-c2ccc(F)cc2)c1.O=C(c1ccc2c(cnn2-c2ccc(F)cc2)c1)C(F)(F)F.O=Cc1ccc2c(cnn2-c2ccc(F)cc2)c1.OC(c1ccc2c(cnn2-c2ccc(F)cc2)c1)C(F)(F)F.OC(c1ccccc1)(c1ccc2c(cnn2-c2ccc(F)cc2)c1)C(F)(F)F.[Br-].[Mg+2].[c-]1ccccc1. The minimum absolute atomic E-state index is 0. The van der Waals surface area contributed by atoms with Gasteiger partial charge >= 0.3 is 41.6 Å². The molecule has 2 N–H and O–H groups in total. The second kappa shape index (κ2) is 48.3. The summed E-state index contributed by atoms with van der Waals surface area (Å²) in [5.74, 6) is -3.65. The molecule has 1 aliphatic heterocycles. The summed E-state index contributed by atoms with van der Waals surface area (Å²) in [7, 11) is 0. The number of nitrogens with zero attached hydrogens (tertiary/aromatic N) is 11. The molecule has 0 saturated carbocycles. The second-order valence-corrected chi connectivity index (χ2v) is 27.9. The molecule has 0 radical (unpaired) electrons. The van der Waals surface area contributed by atoms with Gasteiger partial charge in [-0.1, -0.05) is 49.9 Å². The first-order valence-corrected chi connectivity index (χ1v) is 39.0. The van der Waals surface area contributed by atoms with Gasteiger partial charge in [0.2, 0.25) is 5.60 Å². The average molecular weight is 1920 g/mol. The van der Waals surface area contributed by atoms with Crippen molar-refractivity contribution in [3.8, 4) is 34.5 Å². The Morgan fingerprint density at radius 1 is 0.453 bits per heavy atom. The van der Waals surface area contributed by atoms with Crippen molar-refractivity contribution >= 4 is 136 Å². The average Bonchev–Trinajstić information content (AvgIpc) is 1.46. The van der Waals surface area contributed by atoms with Gasteiger partial charge in [0, 0.05) is 51.3 Å². The molecule has 17 aromatic rings. The van der Waals surface area contributed by atoms with Gasteiger partial charge in [-0.25, -0.2) is 45.4 Å². The summed E-state index contributed by atoms with van der Waals surface area (Å²) in [5, 5.41) is 53.1. The van der Waals surface area contributed by atoms with E-state index in [0.717, 1.165) is 64.8 Å². The van der Waals surface area contributed by atoms with E-state index in [0.29, 0.717) is 60.9 Å². The van der Waals surface area contributed by atoms with Crippen molar-refractivity contribution in [3.05, 3.63) is 373 Å². The van der Waals surface area contributed by atoms with Crippen molar-refractivity contribution < 1.29 is 103 Å². The Labute approximate surface area is 769 Å². The fourth-order valence-electron chi connectivity index (χ4n) is 12.2. The zero-order valence-electron chi connectivity index (χ0n) is 65.7. The summed E-state index contributed by atoms with van der Waals surface area (Å²) in [6.07, 6.45) is -6.21. The molecule has 2 atom stereocenters. The fourth-order valence-corrected chi connectivity index (χ4v) is 12.2. The van der Waals surface area contributed by atoms with Crippen LogP contribution in [-0.2, 0) is 10.3 Å². The van der Waals surface area contributed by atoms with E-state index in [1.807, 2.05) is 42.5 Å². The third-order valence-electron chi connectivity index (χ3n) is 18.1. The van der Waals surface area contributed by atoms with Crippen LogP contribution in [0, 0.1) is 46.5 Å². The van der Waals surface area contributed by atoms with E-state index in [2.05, 4.69) is 37.6 Å². The Bertz CT molecular complexity index is 6370. The summed E-state index contributed by atoms with van der Waals surface area (Å²) >= 11 is 19.1. The second-order valence-electron chi connectivity index (χ2n) is 26.3. The maximum atomic E-state index is 13.9. The summed E-state index contributed by atoms with van der Waals surface area (Å²) in [4.78, 5) is 21.9. The largest absolute Gasteiger partial charge is 2.00 e. The molecule has 2 unspecified atom stereocenters. The van der Waals surface area contributed by atoms with E-state index < -0.39 is 59.0 Å². The number of aromatic nitrogens is 10. The minimum atomic E-state index is -4.92. The standard InChI is InChI=1S/C21H14F4N2O.C15H10F4N2O.C15H8F4N2O.C14H8FN3.C14H9FN2O.C6H5.C4H8O.2CH2Cl2.CH4.BrH.Mg/c22-17-7-9-18(10-8-17)27-19-11-6-16(12-14(19)13-26-27)20(28,21(23,24)25)15-4-2-1-3-5-15;2*16-11-2-4-12(5-3-11)21-13-6-1-9(7-10(13)8-20-21)14(22)15(17,18)19;15-12-2-4-13(5-3-12)18-14-6-1-10(8-16)7-11(14)9-17-18;15-12-2-4-13(5-3-12)17-14-6-1-10(9-18)7-11(14)8-16-17;1-2-4-6-5-3-1;1-2-4-5-3-1;2*2-1-3;;;/h1-13,28H;1-8,14,22H;1-8H;1-7,9H;1-9H;1-5H;1-4H2;2*1H2;1H4;1H;/q;;;;;-1;;;;;;+2/p-1. The van der Waals surface area contributed by atoms with Gasteiger partial charge in [0.1, 0.15) is 35.4 Å². The third kappa shape index (κ3) is 27.1. The molecule has 0 spiro atoms. The number of fused-ring (bicyclic) bond motifs is 5. The van der Waals surface area contributed by atoms with Crippen LogP contribution in [0.3, 0.4) is 0 Å². The molecule has 16 nitrogen and oxygen atoms in total. The van der Waals surface area contributed by atoms with Gasteiger partial charge in [0.15, 0.2) is 6.10 Å². The maximum absolute atomic E-state index is 13.9. The molecule has 0 amide bonds. The molecular formula is C92H70BrCl4F14MgN11O5. The summed E-state index contributed by atoms with van der Waals surface area (Å²) in [5.41, 5.74) is 3.45. The van der Waals surface area contributed by atoms with E-state index in [1.54, 1.807) is 76.4 Å². The molecule has 0 bridgehead atoms. The number of benzene rings is 12. The van der Waals surface area contributed by atoms with E-state index in [1.165, 1.54) is 209 Å². The Morgan fingerprint density at radius 3 is 1.12 bits per heavy atom. The third-order valence-corrected chi connectivity index (χ3v) is 18.1. The minimum Gasteiger partial charge on any atom is -1.00 e. The van der Waals surface area contributed by atoms with Crippen LogP contribution in [0.25, 0.3) is 83.0 Å². The molecule has 18 rings (SSSR count). The molecule has 658 valence electrons. The van der Waals surface area contributed by atoms with Gasteiger partial charge < -0.3 is 31.9 Å². The van der Waals surface area contributed by atoms with Gasteiger partial charge in [0.25, 0.3) is 5.78 Å². The molecule has 1 saturated heterocycles. The van der Waals surface area contributed by atoms with Crippen LogP contribution in [0.4, 0.5) is 61.5 Å². The molecule has 1 fully saturated rings. The van der Waals surface area contributed by atoms with Gasteiger partial charge in [-0.05, 0) is 230 Å². The van der Waals surface area contributed by atoms with Gasteiger partial charge in [-0.2, -0.15) is 107 Å². The number of rotatable bonds is 10. The first-order valence-electron chi connectivity index (χ1n) is 36.9. The monoisotopic (exact) mass is 1920 g/mol. The first kappa shape index (κ1) is 103. The smallest absolute Gasteiger partial charge is 1.00 e. The number of carbonyl (C=O) groups excluding carboxylic acids is 2. The van der Waals surface area contributed by atoms with Gasteiger partial charge in [-0.15, -0.1) is 46.4 Å². The Kier molecular flexibility index (Phi) is 39.0. The zero-order chi connectivity index (χ0) is 90.0. The molecular weight excluding hydrogens is 1850 g/mol. The molecule has 1 aliphatic rings. The van der Waals surface area contributed by atoms with Crippen molar-refractivity contribution in [1.82, 2.24) is 48.9 Å². The number of nitriles is 1. The number of ketones is 1. The summed E-state index contributed by atoms with van der Waals surface area (Å²) in [6, 6.07) is 72.5. The number of hydrogen-bond acceptors (Lipinski definition) is 11. The number of halogens is 19. The summed E-state index contributed by atoms with van der Waals surface area (Å²) < 4.78 is 194. The van der Waals surface area contributed by atoms with Crippen LogP contribution in [0.1, 0.15) is 69.3 Å². The summed E-state index contributed by atoms with van der Waals surface area (Å²) in [6.45, 7) is 2.00. The van der Waals surface area contributed by atoms with Crippen LogP contribution in [0.15, 0.2) is 304 Å². The molecule has 0 aliphatic carbocycles. The van der Waals surface area contributed by atoms with Crippen molar-refractivity contribution in [1.29, 1.82) is 5.26 Å². The quantitative estimate of drug-likeness (QED) is 0.0330. The van der Waals surface area contributed by atoms with E-state index in [4.69, 9.17) is 56.4 Å². The number of carbonyl (C=O) groups is 2. The molecule has 128 heavy (non-hydrogen) atoms. The van der Waals surface area contributed by atoms with Crippen LogP contribution < -0.4 is 17.0 Å². The zero-order valence-corrected chi connectivity index (χ0v) is 71.7. The molecule has 5 aromatic heterocycles. The van der Waals surface area contributed by atoms with Crippen molar-refractivity contribution in [2.45, 2.75) is 50.5 Å². The number of ether oxygens (including phenoxy) is 1. The normalized spacial score (nSPS) is 12.0. The maximum Gasteiger partial charge on any atom is 2.00 e. The van der Waals surface area contributed by atoms with Crippen LogP contribution in [0.5, 0.6) is 0 Å². The number of aliphatic hydroxyl groups excluding tert-OH is 1. The molecule has 36 heteroatoms. The number of alkyl halides is 13. The Balaban J connectivity index is 0.000000209. The van der Waals surface area contributed by atoms with Crippen molar-refractivity contribution in [2.75, 3.05) is 23.9 Å². The van der Waals surface area contributed by atoms with E-state index in [9.17, 15) is 81.3 Å². The van der Waals surface area contributed by atoms with Gasteiger partial charge in [-0.3, -0.25) is 9.59 Å². The molecule has 12 aromatic carbocycles. The van der Waals surface area contributed by atoms with Crippen LogP contribution in [0.2, 0.25) is 0 Å². The molecule has 6 heterocycles. The van der Waals surface area contributed by atoms with Gasteiger partial charge in [0.05, 0.1) is 109 Å². The topological polar surface area (TPSA) is 197 Å². The fraction of sp³-hybridized carbons (Fsp3) is 0.130. The number of Topliss-reactive ketones (excluding diaryl/α,β-unsaturated/α-hetero) is 1. The van der Waals surface area contributed by atoms with Crippen LogP contribution >= 0.6 is 46.4 Å². The van der Waals surface area contributed by atoms with E-state index in [-0.39, 0.29) is 86.5 Å². The van der Waals surface area contributed by atoms with Crippen molar-refractivity contribution in [2.24, 2.45) is 0 Å². The number of hydrogen-bond donors (Lipinski definition) is 2.